The van der Waals surface area contributed by atoms with Crippen molar-refractivity contribution in [3.05, 3.63) is 12.2 Å². The van der Waals surface area contributed by atoms with Crippen molar-refractivity contribution in [1.29, 1.82) is 0 Å². The van der Waals surface area contributed by atoms with Gasteiger partial charge in [0.25, 0.3) is 0 Å². The fourth-order valence-corrected chi connectivity index (χ4v) is 2.74. The van der Waals surface area contributed by atoms with Crippen LogP contribution in [0.5, 0.6) is 0 Å². The van der Waals surface area contributed by atoms with Crippen molar-refractivity contribution in [2.24, 2.45) is 0 Å². The first-order valence-electron chi connectivity index (χ1n) is 5.61. The molecule has 94 valence electrons. The van der Waals surface area contributed by atoms with Crippen LogP contribution in [-0.2, 0) is 14.3 Å². The summed E-state index contributed by atoms with van der Waals surface area (Å²) in [5, 5.41) is 2.81. The largest absolute Gasteiger partial charge is 0.360 e. The Morgan fingerprint density at radius 1 is 1.38 bits per heavy atom. The van der Waals surface area contributed by atoms with Gasteiger partial charge in [0, 0.05) is 26.3 Å². The first-order chi connectivity index (χ1) is 7.61. The molecule has 16 heavy (non-hydrogen) atoms. The number of amides is 1. The van der Waals surface area contributed by atoms with Gasteiger partial charge in [0.05, 0.1) is 9.52 Å². The predicted molar refractivity (Wildman–Crippen MR) is 68.2 cm³/mol. The van der Waals surface area contributed by atoms with Crippen molar-refractivity contribution in [2.75, 3.05) is 20.8 Å². The lowest BCUT2D eigenvalue weighted by molar-refractivity contribution is -0.117. The molecule has 1 amide bonds. The molecule has 0 aromatic carbocycles. The van der Waals surface area contributed by atoms with Crippen molar-refractivity contribution >= 4 is 15.4 Å². The second kappa shape index (κ2) is 9.56. The van der Waals surface area contributed by atoms with Gasteiger partial charge in [0.2, 0.25) is 5.91 Å². The Bertz CT molecular complexity index is 217. The van der Waals surface area contributed by atoms with Crippen LogP contribution in [0, 0.1) is 0 Å². The maximum absolute atomic E-state index is 11.1. The molecule has 4 nitrogen and oxygen atoms in total. The number of ether oxygens (including phenoxy) is 2. The molecule has 0 aliphatic heterocycles. The number of hydrogen-bond acceptors (Lipinski definition) is 3. The number of nitrogens with one attached hydrogen (secondary N) is 1. The van der Waals surface area contributed by atoms with Crippen molar-refractivity contribution in [3.8, 4) is 0 Å². The molecule has 0 unspecified atom stereocenters. The Morgan fingerprint density at radius 3 is 2.50 bits per heavy atom. The molecule has 0 aromatic heterocycles. The second-order valence-electron chi connectivity index (χ2n) is 3.79. The summed E-state index contributed by atoms with van der Waals surface area (Å²) in [6.07, 6.45) is 2.12. The lowest BCUT2D eigenvalue weighted by Crippen LogP contribution is -2.25. The molecular weight excluding hydrogens is 222 g/mol. The van der Waals surface area contributed by atoms with E-state index < -0.39 is 0 Å². The summed E-state index contributed by atoms with van der Waals surface area (Å²) in [5.41, 5.74) is 0.563. The highest BCUT2D eigenvalue weighted by Gasteiger charge is 2.05. The SMILES string of the molecule is C=C(C)C(=O)NCCCC[SiH2]C(OC)OC. The van der Waals surface area contributed by atoms with E-state index in [0.29, 0.717) is 5.57 Å². The summed E-state index contributed by atoms with van der Waals surface area (Å²) in [6, 6.07) is 1.18. The third-order valence-electron chi connectivity index (χ3n) is 2.32. The molecule has 0 aliphatic rings. The molecular formula is C11H23NO3Si. The van der Waals surface area contributed by atoms with Crippen molar-refractivity contribution in [1.82, 2.24) is 5.32 Å². The molecule has 0 aliphatic carbocycles. The van der Waals surface area contributed by atoms with Gasteiger partial charge >= 0.3 is 0 Å². The summed E-state index contributed by atoms with van der Waals surface area (Å²) >= 11 is 0. The van der Waals surface area contributed by atoms with Gasteiger partial charge in [-0.05, 0) is 13.3 Å². The van der Waals surface area contributed by atoms with Crippen molar-refractivity contribution in [3.63, 3.8) is 0 Å². The minimum Gasteiger partial charge on any atom is -0.360 e. The van der Waals surface area contributed by atoms with Crippen molar-refractivity contribution in [2.45, 2.75) is 31.7 Å². The quantitative estimate of drug-likeness (QED) is 0.280. The lowest BCUT2D eigenvalue weighted by Gasteiger charge is -2.12. The van der Waals surface area contributed by atoms with Gasteiger partial charge in [0.1, 0.15) is 5.91 Å². The molecule has 0 saturated carbocycles. The van der Waals surface area contributed by atoms with Gasteiger partial charge in [0.15, 0.2) is 0 Å². The Hall–Kier alpha value is -0.653. The van der Waals surface area contributed by atoms with Gasteiger partial charge in [-0.25, -0.2) is 0 Å². The fraction of sp³-hybridized carbons (Fsp3) is 0.727. The molecule has 0 fully saturated rings. The summed E-state index contributed by atoms with van der Waals surface area (Å²) in [5.74, 6) is -0.0195. The number of rotatable bonds is 9. The fourth-order valence-electron chi connectivity index (χ4n) is 1.30. The Balaban J connectivity index is 3.34. The zero-order chi connectivity index (χ0) is 12.4. The standard InChI is InChI=1S/C11H23NO3Si/c1-9(2)10(13)12-7-5-6-8-16-11(14-3)15-4/h11H,1,5-8,16H2,2-4H3,(H,12,13). The molecule has 0 heterocycles. The van der Waals surface area contributed by atoms with Crippen LogP contribution in [0.25, 0.3) is 0 Å². The van der Waals surface area contributed by atoms with Gasteiger partial charge in [-0.15, -0.1) is 0 Å². The molecule has 0 atom stereocenters. The number of carbonyl (C=O) groups is 1. The van der Waals surface area contributed by atoms with Crippen LogP contribution in [0.4, 0.5) is 0 Å². The van der Waals surface area contributed by atoms with Crippen LogP contribution >= 0.6 is 0 Å². The van der Waals surface area contributed by atoms with E-state index in [1.165, 1.54) is 6.04 Å². The lowest BCUT2D eigenvalue weighted by atomic mass is 10.3. The van der Waals surface area contributed by atoms with Crippen LogP contribution in [-0.4, -0.2) is 42.1 Å². The highest BCUT2D eigenvalue weighted by molar-refractivity contribution is 6.36. The van der Waals surface area contributed by atoms with Gasteiger partial charge in [-0.2, -0.15) is 0 Å². The predicted octanol–water partition coefficient (Wildman–Crippen LogP) is 0.622. The number of unbranched alkanes of at least 4 members (excludes halogenated alkanes) is 1. The zero-order valence-corrected chi connectivity index (χ0v) is 12.0. The number of carbonyl (C=O) groups excluding carboxylic acids is 1. The van der Waals surface area contributed by atoms with E-state index in [4.69, 9.17) is 9.47 Å². The maximum atomic E-state index is 11.1. The average molecular weight is 245 g/mol. The number of methoxy groups -OCH3 is 2. The summed E-state index contributed by atoms with van der Waals surface area (Å²) in [7, 11) is 3.04. The number of hydrogen-bond donors (Lipinski definition) is 1. The van der Waals surface area contributed by atoms with Crippen LogP contribution in [0.1, 0.15) is 19.8 Å². The van der Waals surface area contributed by atoms with Crippen LogP contribution < -0.4 is 5.32 Å². The van der Waals surface area contributed by atoms with Gasteiger partial charge in [-0.3, -0.25) is 4.79 Å². The summed E-state index contributed by atoms with van der Waals surface area (Å²) in [4.78, 5) is 11.1. The maximum Gasteiger partial charge on any atom is 0.246 e. The summed E-state index contributed by atoms with van der Waals surface area (Å²) < 4.78 is 10.3. The average Bonchev–Trinajstić information content (AvgIpc) is 2.27. The Morgan fingerprint density at radius 2 is 2.00 bits per heavy atom. The smallest absolute Gasteiger partial charge is 0.246 e. The minimum absolute atomic E-state index is 0.0324. The molecule has 0 rings (SSSR count). The topological polar surface area (TPSA) is 47.6 Å². The van der Waals surface area contributed by atoms with Crippen LogP contribution in [0.3, 0.4) is 0 Å². The van der Waals surface area contributed by atoms with E-state index in [-0.39, 0.29) is 21.3 Å². The van der Waals surface area contributed by atoms with E-state index in [1.54, 1.807) is 21.1 Å². The van der Waals surface area contributed by atoms with E-state index in [1.807, 2.05) is 0 Å². The van der Waals surface area contributed by atoms with E-state index in [0.717, 1.165) is 19.4 Å². The monoisotopic (exact) mass is 245 g/mol. The van der Waals surface area contributed by atoms with Crippen molar-refractivity contribution < 1.29 is 14.3 Å². The Labute approximate surface area is 100 Å². The van der Waals surface area contributed by atoms with Gasteiger partial charge < -0.3 is 14.8 Å². The second-order valence-corrected chi connectivity index (χ2v) is 5.74. The summed E-state index contributed by atoms with van der Waals surface area (Å²) in [6.45, 7) is 6.02. The molecule has 0 bridgehead atoms. The highest BCUT2D eigenvalue weighted by atomic mass is 28.2. The first kappa shape index (κ1) is 15.3. The molecule has 1 N–H and O–H groups in total. The molecule has 0 radical (unpaired) electrons. The van der Waals surface area contributed by atoms with Gasteiger partial charge in [-0.1, -0.05) is 19.0 Å². The van der Waals surface area contributed by atoms with E-state index in [2.05, 4.69) is 11.9 Å². The molecule has 0 aromatic rings. The first-order valence-corrected chi connectivity index (χ1v) is 7.42. The minimum atomic E-state index is -0.312. The van der Waals surface area contributed by atoms with Crippen LogP contribution in [0.2, 0.25) is 6.04 Å². The normalized spacial score (nSPS) is 11.2. The van der Waals surface area contributed by atoms with E-state index >= 15 is 0 Å². The molecule has 5 heteroatoms. The third kappa shape index (κ3) is 7.61. The zero-order valence-electron chi connectivity index (χ0n) is 10.5. The molecule has 0 saturated heterocycles. The van der Waals surface area contributed by atoms with Crippen LogP contribution in [0.15, 0.2) is 12.2 Å². The van der Waals surface area contributed by atoms with E-state index in [9.17, 15) is 4.79 Å². The molecule has 0 spiro atoms. The highest BCUT2D eigenvalue weighted by Crippen LogP contribution is 1.99. The third-order valence-corrected chi connectivity index (χ3v) is 4.36. The Kier molecular flexibility index (Phi) is 9.17.